The number of alkyl halides is 2. The zero-order chi connectivity index (χ0) is 13.2. The average Bonchev–Trinajstić information content (AvgIpc) is 2.14. The van der Waals surface area contributed by atoms with Crippen LogP contribution in [-0.2, 0) is 12.3 Å². The maximum atomic E-state index is 13.6. The van der Waals surface area contributed by atoms with Gasteiger partial charge in [-0.2, -0.15) is 0 Å². The third kappa shape index (κ3) is 3.36. The molecule has 0 bridgehead atoms. The van der Waals surface area contributed by atoms with Crippen molar-refractivity contribution in [3.05, 3.63) is 29.1 Å². The predicted molar refractivity (Wildman–Crippen MR) is 57.9 cm³/mol. The lowest BCUT2D eigenvalue weighted by molar-refractivity contribution is 0.0169. The van der Waals surface area contributed by atoms with Gasteiger partial charge in [0.2, 0.25) is 0 Å². The number of methoxy groups -OCH3 is 1. The summed E-state index contributed by atoms with van der Waals surface area (Å²) in [5, 5.41) is 9.24. The molecule has 0 saturated carbocycles. The smallest absolute Gasteiger partial charge is 0.270 e. The van der Waals surface area contributed by atoms with E-state index >= 15 is 0 Å². The Kier molecular flexibility index (Phi) is 4.03. The second-order valence-corrected chi connectivity index (χ2v) is 4.09. The van der Waals surface area contributed by atoms with Gasteiger partial charge in [0.15, 0.2) is 11.6 Å². The molecule has 0 heterocycles. The standard InChI is InChI=1S/C12H15F3O2/c1-7(16)4-8-5-9(12(2,14)15)6-10(13)11(8)17-3/h5-7,16H,4H2,1-3H3. The molecule has 0 amide bonds. The van der Waals surface area contributed by atoms with E-state index in [1.807, 2.05) is 0 Å². The summed E-state index contributed by atoms with van der Waals surface area (Å²) in [5.41, 5.74) is -0.189. The molecule has 1 rings (SSSR count). The molecule has 0 spiro atoms. The van der Waals surface area contributed by atoms with Crippen LogP contribution in [0.2, 0.25) is 0 Å². The van der Waals surface area contributed by atoms with Crippen LogP contribution in [0.1, 0.15) is 25.0 Å². The van der Waals surface area contributed by atoms with Gasteiger partial charge in [-0.15, -0.1) is 0 Å². The van der Waals surface area contributed by atoms with Gasteiger partial charge in [-0.05, 0) is 19.1 Å². The number of hydrogen-bond donors (Lipinski definition) is 1. The molecule has 1 unspecified atom stereocenters. The zero-order valence-electron chi connectivity index (χ0n) is 9.93. The van der Waals surface area contributed by atoms with Gasteiger partial charge < -0.3 is 9.84 Å². The maximum absolute atomic E-state index is 13.6. The highest BCUT2D eigenvalue weighted by Crippen LogP contribution is 2.33. The summed E-state index contributed by atoms with van der Waals surface area (Å²) >= 11 is 0. The predicted octanol–water partition coefficient (Wildman–Crippen LogP) is 2.87. The molecule has 1 atom stereocenters. The van der Waals surface area contributed by atoms with Gasteiger partial charge in [0.05, 0.1) is 13.2 Å². The van der Waals surface area contributed by atoms with Gasteiger partial charge in [-0.1, -0.05) is 0 Å². The van der Waals surface area contributed by atoms with Crippen molar-refractivity contribution < 1.29 is 23.0 Å². The molecule has 96 valence electrons. The molecule has 5 heteroatoms. The van der Waals surface area contributed by atoms with Gasteiger partial charge >= 0.3 is 0 Å². The summed E-state index contributed by atoms with van der Waals surface area (Å²) in [5.74, 6) is -4.07. The van der Waals surface area contributed by atoms with E-state index in [-0.39, 0.29) is 17.7 Å². The van der Waals surface area contributed by atoms with Gasteiger partial charge in [-0.25, -0.2) is 13.2 Å². The zero-order valence-corrected chi connectivity index (χ0v) is 9.93. The van der Waals surface area contributed by atoms with E-state index in [0.717, 1.165) is 12.1 Å². The second-order valence-electron chi connectivity index (χ2n) is 4.09. The van der Waals surface area contributed by atoms with Crippen LogP contribution in [0, 0.1) is 5.82 Å². The Morgan fingerprint density at radius 1 is 1.41 bits per heavy atom. The normalized spacial score (nSPS) is 13.6. The quantitative estimate of drug-likeness (QED) is 0.887. The maximum Gasteiger partial charge on any atom is 0.270 e. The molecule has 0 radical (unpaired) electrons. The molecule has 1 aromatic carbocycles. The van der Waals surface area contributed by atoms with E-state index in [2.05, 4.69) is 0 Å². The number of halogens is 3. The minimum Gasteiger partial charge on any atom is -0.493 e. The Labute approximate surface area is 98.0 Å². The number of benzene rings is 1. The summed E-state index contributed by atoms with van der Waals surface area (Å²) in [6.45, 7) is 2.19. The van der Waals surface area contributed by atoms with Crippen molar-refractivity contribution in [2.75, 3.05) is 7.11 Å². The highest BCUT2D eigenvalue weighted by molar-refractivity contribution is 5.40. The van der Waals surface area contributed by atoms with Crippen LogP contribution >= 0.6 is 0 Å². The largest absolute Gasteiger partial charge is 0.493 e. The lowest BCUT2D eigenvalue weighted by atomic mass is 10.0. The monoisotopic (exact) mass is 248 g/mol. The van der Waals surface area contributed by atoms with Crippen LogP contribution in [0.4, 0.5) is 13.2 Å². The fraction of sp³-hybridized carbons (Fsp3) is 0.500. The van der Waals surface area contributed by atoms with Crippen LogP contribution in [0.3, 0.4) is 0 Å². The Morgan fingerprint density at radius 2 is 2.00 bits per heavy atom. The molecule has 0 aliphatic heterocycles. The summed E-state index contributed by atoms with van der Waals surface area (Å²) in [6.07, 6.45) is -0.701. The number of aliphatic hydroxyl groups is 1. The highest BCUT2D eigenvalue weighted by atomic mass is 19.3. The van der Waals surface area contributed by atoms with Gasteiger partial charge in [0, 0.05) is 24.5 Å². The van der Waals surface area contributed by atoms with Crippen molar-refractivity contribution in [3.63, 3.8) is 0 Å². The SMILES string of the molecule is COc1c(F)cc(C(C)(F)F)cc1CC(C)O. The average molecular weight is 248 g/mol. The summed E-state index contributed by atoms with van der Waals surface area (Å²) in [7, 11) is 1.26. The Hall–Kier alpha value is -1.23. The molecular weight excluding hydrogens is 233 g/mol. The molecule has 0 aromatic heterocycles. The number of ether oxygens (including phenoxy) is 1. The minimum absolute atomic E-state index is 0.0595. The fourth-order valence-corrected chi connectivity index (χ4v) is 1.60. The Bertz CT molecular complexity index is 397. The van der Waals surface area contributed by atoms with Gasteiger partial charge in [0.25, 0.3) is 5.92 Å². The molecule has 0 fully saturated rings. The first-order chi connectivity index (χ1) is 7.75. The molecule has 1 N–H and O–H groups in total. The van der Waals surface area contributed by atoms with Gasteiger partial charge in [0.1, 0.15) is 0 Å². The molecule has 0 saturated heterocycles. The van der Waals surface area contributed by atoms with Crippen LogP contribution in [0.15, 0.2) is 12.1 Å². The van der Waals surface area contributed by atoms with Crippen LogP contribution in [0.5, 0.6) is 5.75 Å². The van der Waals surface area contributed by atoms with Gasteiger partial charge in [-0.3, -0.25) is 0 Å². The highest BCUT2D eigenvalue weighted by Gasteiger charge is 2.27. The summed E-state index contributed by atoms with van der Waals surface area (Å²) in [4.78, 5) is 0. The molecule has 2 nitrogen and oxygen atoms in total. The lowest BCUT2D eigenvalue weighted by Gasteiger charge is -2.16. The first-order valence-corrected chi connectivity index (χ1v) is 5.18. The number of hydrogen-bond acceptors (Lipinski definition) is 2. The number of rotatable bonds is 4. The van der Waals surface area contributed by atoms with Crippen LogP contribution < -0.4 is 4.74 Å². The minimum atomic E-state index is -3.12. The first kappa shape index (κ1) is 13.8. The molecule has 1 aromatic rings. The Balaban J connectivity index is 3.28. The van der Waals surface area contributed by atoms with E-state index < -0.39 is 23.4 Å². The van der Waals surface area contributed by atoms with E-state index in [1.165, 1.54) is 14.0 Å². The molecule has 0 aliphatic rings. The van der Waals surface area contributed by atoms with Crippen LogP contribution in [-0.4, -0.2) is 18.3 Å². The topological polar surface area (TPSA) is 29.5 Å². The van der Waals surface area contributed by atoms with Crippen molar-refractivity contribution >= 4 is 0 Å². The van der Waals surface area contributed by atoms with E-state index in [1.54, 1.807) is 0 Å². The van der Waals surface area contributed by atoms with Crippen molar-refractivity contribution in [1.29, 1.82) is 0 Å². The third-order valence-electron chi connectivity index (χ3n) is 2.35. The second kappa shape index (κ2) is 4.96. The van der Waals surface area contributed by atoms with Crippen molar-refractivity contribution in [1.82, 2.24) is 0 Å². The van der Waals surface area contributed by atoms with Crippen molar-refractivity contribution in [3.8, 4) is 5.75 Å². The van der Waals surface area contributed by atoms with E-state index in [9.17, 15) is 18.3 Å². The molecular formula is C12H15F3O2. The first-order valence-electron chi connectivity index (χ1n) is 5.18. The Morgan fingerprint density at radius 3 is 2.41 bits per heavy atom. The molecule has 17 heavy (non-hydrogen) atoms. The van der Waals surface area contributed by atoms with Crippen molar-refractivity contribution in [2.45, 2.75) is 32.3 Å². The lowest BCUT2D eigenvalue weighted by Crippen LogP contribution is -2.12. The summed E-state index contributed by atoms with van der Waals surface area (Å²) in [6, 6.07) is 1.92. The fourth-order valence-electron chi connectivity index (χ4n) is 1.60. The van der Waals surface area contributed by atoms with E-state index in [4.69, 9.17) is 4.74 Å². The molecule has 0 aliphatic carbocycles. The van der Waals surface area contributed by atoms with Crippen molar-refractivity contribution in [2.24, 2.45) is 0 Å². The van der Waals surface area contributed by atoms with E-state index in [0.29, 0.717) is 6.92 Å². The third-order valence-corrected chi connectivity index (χ3v) is 2.35. The van der Waals surface area contributed by atoms with Crippen LogP contribution in [0.25, 0.3) is 0 Å². The number of aliphatic hydroxyl groups excluding tert-OH is 1. The summed E-state index contributed by atoms with van der Waals surface area (Å²) < 4.78 is 44.6.